The number of hydrogen-bond acceptors (Lipinski definition) is 0. The summed E-state index contributed by atoms with van der Waals surface area (Å²) in [6.45, 7) is 12.8. The zero-order valence-electron chi connectivity index (χ0n) is 9.64. The van der Waals surface area contributed by atoms with Gasteiger partial charge in [0.15, 0.2) is 0 Å². The molecule has 0 heteroatoms. The topological polar surface area (TPSA) is 0 Å². The summed E-state index contributed by atoms with van der Waals surface area (Å²) in [4.78, 5) is 0. The van der Waals surface area contributed by atoms with Crippen LogP contribution in [0, 0.1) is 11.8 Å². The second-order valence-electron chi connectivity index (χ2n) is 4.20. The van der Waals surface area contributed by atoms with Gasteiger partial charge in [0.1, 0.15) is 0 Å². The highest BCUT2D eigenvalue weighted by Gasteiger charge is 2.10. The molecule has 1 atom stereocenters. The van der Waals surface area contributed by atoms with E-state index < -0.39 is 0 Å². The first-order valence-corrected chi connectivity index (χ1v) is 5.40. The fourth-order valence-electron chi connectivity index (χ4n) is 1.71. The quantitative estimate of drug-likeness (QED) is 0.525. The van der Waals surface area contributed by atoms with Crippen LogP contribution in [0.15, 0.2) is 24.3 Å². The van der Waals surface area contributed by atoms with E-state index in [1.807, 2.05) is 6.08 Å². The molecular weight excluding hydrogens is 156 g/mol. The lowest BCUT2D eigenvalue weighted by atomic mass is 9.88. The molecule has 0 fully saturated rings. The van der Waals surface area contributed by atoms with Crippen molar-refractivity contribution < 1.29 is 0 Å². The van der Waals surface area contributed by atoms with Gasteiger partial charge in [-0.3, -0.25) is 0 Å². The summed E-state index contributed by atoms with van der Waals surface area (Å²) in [5.74, 6) is 1.70. The van der Waals surface area contributed by atoms with Gasteiger partial charge in [-0.15, -0.1) is 0 Å². The summed E-state index contributed by atoms with van der Waals surface area (Å²) in [7, 11) is 0. The smallest absolute Gasteiger partial charge is 0.0317 e. The first-order chi connectivity index (χ1) is 6.11. The standard InChI is InChI=1S/C13H24/c1-6-8-12(5)9-10-13(7-2)11(3)4/h6,8,11,13H,1,7,9-10H2,2-5H3. The van der Waals surface area contributed by atoms with E-state index in [0.29, 0.717) is 0 Å². The van der Waals surface area contributed by atoms with Gasteiger partial charge >= 0.3 is 0 Å². The van der Waals surface area contributed by atoms with Gasteiger partial charge in [0.2, 0.25) is 0 Å². The predicted octanol–water partition coefficient (Wildman–Crippen LogP) is 4.58. The minimum Gasteiger partial charge on any atom is -0.0991 e. The van der Waals surface area contributed by atoms with E-state index in [4.69, 9.17) is 0 Å². The van der Waals surface area contributed by atoms with Crippen molar-refractivity contribution >= 4 is 0 Å². The molecule has 13 heavy (non-hydrogen) atoms. The maximum absolute atomic E-state index is 3.71. The monoisotopic (exact) mass is 180 g/mol. The third kappa shape index (κ3) is 5.68. The van der Waals surface area contributed by atoms with Crippen LogP contribution >= 0.6 is 0 Å². The Bertz CT molecular complexity index is 163. The summed E-state index contributed by atoms with van der Waals surface area (Å²) < 4.78 is 0. The summed E-state index contributed by atoms with van der Waals surface area (Å²) in [6.07, 6.45) is 7.85. The maximum atomic E-state index is 3.71. The van der Waals surface area contributed by atoms with Gasteiger partial charge in [-0.05, 0) is 31.6 Å². The van der Waals surface area contributed by atoms with Crippen LogP contribution in [-0.4, -0.2) is 0 Å². The van der Waals surface area contributed by atoms with Gasteiger partial charge in [-0.2, -0.15) is 0 Å². The lowest BCUT2D eigenvalue weighted by Crippen LogP contribution is -2.07. The molecule has 0 spiro atoms. The van der Waals surface area contributed by atoms with E-state index in [0.717, 1.165) is 11.8 Å². The second-order valence-corrected chi connectivity index (χ2v) is 4.20. The van der Waals surface area contributed by atoms with Gasteiger partial charge in [-0.1, -0.05) is 51.5 Å². The molecule has 0 saturated heterocycles. The largest absolute Gasteiger partial charge is 0.0991 e. The van der Waals surface area contributed by atoms with Crippen LogP contribution in [-0.2, 0) is 0 Å². The van der Waals surface area contributed by atoms with Gasteiger partial charge in [-0.25, -0.2) is 0 Å². The van der Waals surface area contributed by atoms with Crippen molar-refractivity contribution in [1.82, 2.24) is 0 Å². The van der Waals surface area contributed by atoms with Crippen LogP contribution in [0.25, 0.3) is 0 Å². The highest BCUT2D eigenvalue weighted by atomic mass is 14.2. The third-order valence-corrected chi connectivity index (χ3v) is 2.78. The first kappa shape index (κ1) is 12.5. The summed E-state index contributed by atoms with van der Waals surface area (Å²) in [5.41, 5.74) is 1.45. The molecule has 0 amide bonds. The number of hydrogen-bond donors (Lipinski definition) is 0. The molecule has 0 N–H and O–H groups in total. The summed E-state index contributed by atoms with van der Waals surface area (Å²) in [6, 6.07) is 0. The lowest BCUT2D eigenvalue weighted by Gasteiger charge is -2.18. The molecule has 0 aromatic heterocycles. The predicted molar refractivity (Wildman–Crippen MR) is 61.8 cm³/mol. The molecular formula is C13H24. The normalized spacial score (nSPS) is 14.7. The van der Waals surface area contributed by atoms with Crippen LogP contribution < -0.4 is 0 Å². The van der Waals surface area contributed by atoms with E-state index in [2.05, 4.69) is 40.3 Å². The van der Waals surface area contributed by atoms with Crippen molar-refractivity contribution in [2.75, 3.05) is 0 Å². The van der Waals surface area contributed by atoms with Crippen molar-refractivity contribution in [1.29, 1.82) is 0 Å². The van der Waals surface area contributed by atoms with Gasteiger partial charge in [0.05, 0.1) is 0 Å². The Kier molecular flexibility index (Phi) is 6.66. The molecule has 0 aliphatic carbocycles. The Balaban J connectivity index is 3.84. The fraction of sp³-hybridized carbons (Fsp3) is 0.692. The summed E-state index contributed by atoms with van der Waals surface area (Å²) >= 11 is 0. The molecule has 0 saturated carbocycles. The van der Waals surface area contributed by atoms with Crippen LogP contribution in [0.5, 0.6) is 0 Å². The van der Waals surface area contributed by atoms with Crippen molar-refractivity contribution in [2.24, 2.45) is 11.8 Å². The van der Waals surface area contributed by atoms with Crippen molar-refractivity contribution in [2.45, 2.75) is 47.0 Å². The zero-order chi connectivity index (χ0) is 10.3. The van der Waals surface area contributed by atoms with Gasteiger partial charge in [0, 0.05) is 0 Å². The molecule has 0 aromatic rings. The molecule has 1 unspecified atom stereocenters. The zero-order valence-corrected chi connectivity index (χ0v) is 9.64. The Labute approximate surface area is 83.7 Å². The Morgan fingerprint density at radius 2 is 2.00 bits per heavy atom. The second kappa shape index (κ2) is 6.94. The molecule has 0 radical (unpaired) electrons. The van der Waals surface area contributed by atoms with Crippen molar-refractivity contribution in [3.63, 3.8) is 0 Å². The van der Waals surface area contributed by atoms with E-state index in [-0.39, 0.29) is 0 Å². The highest BCUT2D eigenvalue weighted by Crippen LogP contribution is 2.22. The number of rotatable bonds is 6. The lowest BCUT2D eigenvalue weighted by molar-refractivity contribution is 0.349. The molecule has 0 heterocycles. The fourth-order valence-corrected chi connectivity index (χ4v) is 1.71. The van der Waals surface area contributed by atoms with Crippen LogP contribution in [0.2, 0.25) is 0 Å². The van der Waals surface area contributed by atoms with Crippen LogP contribution in [0.1, 0.15) is 47.0 Å². The molecule has 76 valence electrons. The Morgan fingerprint density at radius 1 is 1.38 bits per heavy atom. The van der Waals surface area contributed by atoms with Crippen molar-refractivity contribution in [3.8, 4) is 0 Å². The molecule has 0 bridgehead atoms. The third-order valence-electron chi connectivity index (χ3n) is 2.78. The summed E-state index contributed by atoms with van der Waals surface area (Å²) in [5, 5.41) is 0. The first-order valence-electron chi connectivity index (χ1n) is 5.40. The molecule has 0 rings (SSSR count). The maximum Gasteiger partial charge on any atom is -0.0317 e. The number of allylic oxidation sites excluding steroid dienone is 3. The minimum absolute atomic E-state index is 0.821. The molecule has 0 nitrogen and oxygen atoms in total. The van der Waals surface area contributed by atoms with Gasteiger partial charge < -0.3 is 0 Å². The van der Waals surface area contributed by atoms with E-state index in [1.165, 1.54) is 24.8 Å². The van der Waals surface area contributed by atoms with Crippen LogP contribution in [0.3, 0.4) is 0 Å². The van der Waals surface area contributed by atoms with Crippen molar-refractivity contribution in [3.05, 3.63) is 24.3 Å². The van der Waals surface area contributed by atoms with E-state index >= 15 is 0 Å². The average molecular weight is 180 g/mol. The molecule has 0 aliphatic rings. The Morgan fingerprint density at radius 3 is 2.38 bits per heavy atom. The van der Waals surface area contributed by atoms with Crippen LogP contribution in [0.4, 0.5) is 0 Å². The van der Waals surface area contributed by atoms with Gasteiger partial charge in [0.25, 0.3) is 0 Å². The minimum atomic E-state index is 0.821. The Hall–Kier alpha value is -0.520. The molecule has 0 aromatic carbocycles. The molecule has 0 aliphatic heterocycles. The SMILES string of the molecule is C=CC=C(C)CCC(CC)C(C)C. The van der Waals surface area contributed by atoms with E-state index in [9.17, 15) is 0 Å². The highest BCUT2D eigenvalue weighted by molar-refractivity contribution is 5.07. The average Bonchev–Trinajstić information content (AvgIpc) is 2.05. The van der Waals surface area contributed by atoms with E-state index in [1.54, 1.807) is 0 Å².